The van der Waals surface area contributed by atoms with Gasteiger partial charge in [-0.3, -0.25) is 73.0 Å². The zero-order valence-electron chi connectivity index (χ0n) is 80.8. The number of hydrogen-bond acceptors (Lipinski definition) is 21. The fraction of sp³-hybridized carbons (Fsp3) is 0.112. The van der Waals surface area contributed by atoms with Crippen molar-refractivity contribution in [2.24, 2.45) is 5.73 Å². The third kappa shape index (κ3) is 37.7. The molecule has 26 nitrogen and oxygen atoms in total. The number of nitrogen functional groups attached to an aromatic ring is 3. The van der Waals surface area contributed by atoms with E-state index in [0.717, 1.165) is 56.3 Å². The number of alkyl halides is 1. The monoisotopic (exact) mass is 2180 g/mol. The fourth-order valence-corrected chi connectivity index (χ4v) is 15.6. The summed E-state index contributed by atoms with van der Waals surface area (Å²) in [6.07, 6.45) is 0.565. The summed E-state index contributed by atoms with van der Waals surface area (Å²) in [5.74, 6) is -0.372. The van der Waals surface area contributed by atoms with Crippen LogP contribution in [0.2, 0.25) is 25.1 Å². The van der Waals surface area contributed by atoms with E-state index < -0.39 is 15.1 Å². The number of carbonyl (C=O) groups is 11. The number of aromatic nitrogens is 3. The first-order chi connectivity index (χ1) is 71.4. The number of nitrogens with one attached hydrogen (secondary N) is 2. The van der Waals surface area contributed by atoms with Gasteiger partial charge in [0.2, 0.25) is 0 Å². The number of hydrogen-bond donors (Lipinski definition) is 6. The number of nitrogens with two attached hydrogens (primary N) is 4. The van der Waals surface area contributed by atoms with Crippen LogP contribution in [0, 0.1) is 41.0 Å². The number of benzene rings is 13. The number of carbonyl (C=O) groups excluding carboxylic acids is 11. The van der Waals surface area contributed by atoms with Crippen molar-refractivity contribution in [2.45, 2.75) is 79.3 Å². The number of aryl methyl sites for hydroxylation is 3. The summed E-state index contributed by atoms with van der Waals surface area (Å²) in [5.41, 5.74) is 38.2. The number of nitro groups is 2. The Hall–Kier alpha value is -16.2. The van der Waals surface area contributed by atoms with Crippen molar-refractivity contribution >= 4 is 189 Å². The molecule has 16 aromatic rings. The number of nitrogens with zero attached hydrogens (tertiary/aromatic N) is 5. The molecule has 0 spiro atoms. The van der Waals surface area contributed by atoms with E-state index in [-0.39, 0.29) is 113 Å². The highest BCUT2D eigenvalue weighted by molar-refractivity contribution is 9.09. The minimum atomic E-state index is -0.533. The average molecular weight is 2180 g/mol. The van der Waals surface area contributed by atoms with Crippen molar-refractivity contribution in [3.05, 3.63) is 499 Å². The van der Waals surface area contributed by atoms with E-state index in [4.69, 9.17) is 92.5 Å². The first-order valence-electron chi connectivity index (χ1n) is 45.8. The van der Waals surface area contributed by atoms with Gasteiger partial charge in [-0.2, -0.15) is 0 Å². The number of Topliss-reactive ketones (excluding diaryl/α,β-unsaturated/α-hetero) is 8. The second kappa shape index (κ2) is 59.4. The molecule has 2 amide bonds. The van der Waals surface area contributed by atoms with Crippen molar-refractivity contribution in [1.82, 2.24) is 14.5 Å². The number of anilines is 5. The Balaban J connectivity index is 0.000000198. The van der Waals surface area contributed by atoms with Gasteiger partial charge in [-0.05, 0) is 251 Å². The minimum absolute atomic E-state index is 0.00519. The summed E-state index contributed by atoms with van der Waals surface area (Å²) in [7, 11) is 0. The number of pyridine rings is 2. The van der Waals surface area contributed by atoms with E-state index in [2.05, 4.69) is 53.2 Å². The Bertz CT molecular complexity index is 7450. The van der Waals surface area contributed by atoms with E-state index in [1.54, 1.807) is 176 Å². The number of ketones is 8. The molecule has 0 saturated heterocycles. The lowest BCUT2D eigenvalue weighted by Gasteiger charge is -2.15. The quantitative estimate of drug-likeness (QED) is 0.00608. The van der Waals surface area contributed by atoms with Gasteiger partial charge in [0, 0.05) is 164 Å². The molecule has 33 heteroatoms. The summed E-state index contributed by atoms with van der Waals surface area (Å²) in [4.78, 5) is 158. The number of nitro benzene ring substituents is 2. The van der Waals surface area contributed by atoms with E-state index in [1.165, 1.54) is 55.5 Å². The number of halogens is 7. The lowest BCUT2D eigenvalue weighted by Crippen LogP contribution is -2.12. The molecule has 0 saturated carbocycles. The molecule has 758 valence electrons. The van der Waals surface area contributed by atoms with Crippen molar-refractivity contribution in [3.8, 4) is 22.5 Å². The highest BCUT2D eigenvalue weighted by Gasteiger charge is 2.22. The molecular weight excluding hydrogens is 2080 g/mol. The molecule has 3 heterocycles. The van der Waals surface area contributed by atoms with E-state index in [1.807, 2.05) is 148 Å². The average Bonchev–Trinajstić information content (AvgIpc) is 1.64. The van der Waals surface area contributed by atoms with Crippen LogP contribution in [0.1, 0.15) is 187 Å². The Morgan fingerprint density at radius 3 is 1.01 bits per heavy atom. The summed E-state index contributed by atoms with van der Waals surface area (Å²) in [5, 5.41) is 28.8. The van der Waals surface area contributed by atoms with Crippen LogP contribution < -0.4 is 33.6 Å². The second-order valence-electron chi connectivity index (χ2n) is 32.7. The van der Waals surface area contributed by atoms with Gasteiger partial charge in [0.25, 0.3) is 28.4 Å². The molecule has 0 radical (unpaired) electrons. The number of amides is 2. The molecule has 0 unspecified atom stereocenters. The summed E-state index contributed by atoms with van der Waals surface area (Å²) in [6, 6.07) is 104. The Kier molecular flexibility index (Phi) is 46.4. The molecule has 3 aromatic heterocycles. The first kappa shape index (κ1) is 116. The van der Waals surface area contributed by atoms with Crippen LogP contribution in [0.3, 0.4) is 0 Å². The SMILES string of the molecule is CC(=O)c1ccccc1Cl.Cc1cccc(C(=O)Cl)c1.Cc1cccc(C(=O)Nc2ccc(-c3ccc(-c4ccccc4Cl)n3Cc3cccc(N)n3)cc2)c1.Cc1cccc(C(=O)Nc2ccc(C(=O)CCC(=O)c3ccccc3Cl)cc2)c1.NCc1cccc(N)n1.Nc1ccc(C(=O)CCC(=O)c2ccccc2Cl)cc1.O=C(CBr)c1ccc([N+](=O)[O-])cc1.O=C(CCC(=O)c1ccccc1Cl)c1ccc([N+](=O)[O-])cc1. The molecule has 0 aliphatic heterocycles. The van der Waals surface area contributed by atoms with E-state index in [0.29, 0.717) is 122 Å². The van der Waals surface area contributed by atoms with Crippen LogP contribution in [-0.4, -0.2) is 93.0 Å². The van der Waals surface area contributed by atoms with E-state index in [9.17, 15) is 73.0 Å². The van der Waals surface area contributed by atoms with Gasteiger partial charge in [0.15, 0.2) is 46.3 Å². The first-order valence-corrected chi connectivity index (χ1v) is 49.2. The zero-order valence-corrected chi connectivity index (χ0v) is 86.9. The molecule has 0 aliphatic carbocycles. The lowest BCUT2D eigenvalue weighted by atomic mass is 10.0. The molecule has 16 rings (SSSR count). The predicted molar refractivity (Wildman–Crippen MR) is 595 cm³/mol. The van der Waals surface area contributed by atoms with Crippen LogP contribution >= 0.6 is 85.5 Å². The van der Waals surface area contributed by atoms with Gasteiger partial charge in [-0.1, -0.05) is 224 Å². The van der Waals surface area contributed by atoms with Gasteiger partial charge in [0.1, 0.15) is 11.6 Å². The van der Waals surface area contributed by atoms with Gasteiger partial charge in [0.05, 0.1) is 58.9 Å². The smallest absolute Gasteiger partial charge is 0.269 e. The fourth-order valence-electron chi connectivity index (χ4n) is 14.0. The van der Waals surface area contributed by atoms with Crippen LogP contribution in [0.5, 0.6) is 0 Å². The van der Waals surface area contributed by atoms with Gasteiger partial charge in [-0.25, -0.2) is 9.97 Å². The highest BCUT2D eigenvalue weighted by atomic mass is 79.9. The van der Waals surface area contributed by atoms with Gasteiger partial charge < -0.3 is 38.1 Å². The minimum Gasteiger partial charge on any atom is -0.399 e. The maximum absolute atomic E-state index is 12.7. The third-order valence-electron chi connectivity index (χ3n) is 21.7. The summed E-state index contributed by atoms with van der Waals surface area (Å²) >= 11 is 38.4. The van der Waals surface area contributed by atoms with Crippen LogP contribution in [0.15, 0.2) is 364 Å². The van der Waals surface area contributed by atoms with E-state index >= 15 is 0 Å². The standard InChI is InChI=1S/C30H25ClN4O.C24H20ClNO3.C16H12ClNO4.C16H14ClNO2.C8H6BrNO3.2C8H7ClO.C6H9N3/c1-20-6-4-7-22(18-20)30(36)34-23-14-12-21(13-15-23)27-16-17-28(25-9-2-3-10-26(25)31)35(27)19-24-8-5-11-29(32)33-24;1-16-5-4-6-18(15-16)24(29)26-19-11-9-17(10-12-19)22(27)13-14-23(28)20-7-2-3-8-21(20)25;17-14-4-2-1-3-13(14)16(20)10-9-15(19)11-5-7-12(8-6-11)18(21)22;17-14-4-2-1-3-13(14)16(20)10-9-15(19)11-5-7-12(18)8-6-11;9-5-8(11)6-1-3-7(4-2-6)10(12)13;1-6-3-2-4-7(5-6)8(9)10;1-6(10)7-4-2-3-5-8(7)9;7-4-5-2-1-3-6(8)9-5/h2-18H,19H2,1H3,(H2,32,33)(H,34,36);2-12,15H,13-14H2,1H3,(H,26,29);1-8H,9-10H2;1-8H,9-10,18H2;1-4H,5H2;2*2-5H,1H3;1-3H,4,7H2,(H2,8,9). The Labute approximate surface area is 898 Å². The molecule has 0 atom stereocenters. The topological polar surface area (TPSA) is 433 Å². The van der Waals surface area contributed by atoms with Gasteiger partial charge >= 0.3 is 0 Å². The largest absolute Gasteiger partial charge is 0.399 e. The second-order valence-corrected chi connectivity index (χ2v) is 35.7. The van der Waals surface area contributed by atoms with Crippen LogP contribution in [0.25, 0.3) is 22.5 Å². The van der Waals surface area contributed by atoms with Gasteiger partial charge in [-0.15, -0.1) is 0 Å². The molecule has 149 heavy (non-hydrogen) atoms. The molecule has 0 fully saturated rings. The zero-order chi connectivity index (χ0) is 108. The lowest BCUT2D eigenvalue weighted by molar-refractivity contribution is -0.385. The van der Waals surface area contributed by atoms with Crippen LogP contribution in [-0.2, 0) is 13.1 Å². The predicted octanol–water partition coefficient (Wildman–Crippen LogP) is 27.9. The molecule has 0 aliphatic rings. The van der Waals surface area contributed by atoms with Crippen molar-refractivity contribution in [3.63, 3.8) is 0 Å². The number of rotatable bonds is 30. The Morgan fingerprint density at radius 1 is 0.342 bits per heavy atom. The number of non-ortho nitro benzene ring substituents is 2. The Morgan fingerprint density at radius 2 is 0.664 bits per heavy atom. The molecule has 13 aromatic carbocycles. The maximum Gasteiger partial charge on any atom is 0.269 e. The normalized spacial score (nSPS) is 10.2. The summed E-state index contributed by atoms with van der Waals surface area (Å²) in [6.45, 7) is 8.29. The third-order valence-corrected chi connectivity index (χ3v) is 24.1. The van der Waals surface area contributed by atoms with Crippen LogP contribution in [0.4, 0.5) is 40.1 Å². The highest BCUT2D eigenvalue weighted by Crippen LogP contribution is 2.35. The summed E-state index contributed by atoms with van der Waals surface area (Å²) < 4.78 is 2.18. The van der Waals surface area contributed by atoms with Crippen molar-refractivity contribution in [1.29, 1.82) is 0 Å². The maximum atomic E-state index is 12.7. The van der Waals surface area contributed by atoms with Crippen molar-refractivity contribution in [2.75, 3.05) is 33.2 Å². The molecule has 10 N–H and O–H groups in total. The molecule has 0 bridgehead atoms. The molecular formula is C116H100BrCl6N11O15. The van der Waals surface area contributed by atoms with Crippen molar-refractivity contribution < 1.29 is 62.6 Å².